The van der Waals surface area contributed by atoms with Gasteiger partial charge in [-0.15, -0.1) is 24.0 Å². The summed E-state index contributed by atoms with van der Waals surface area (Å²) in [5.74, 6) is 5.75. The van der Waals surface area contributed by atoms with E-state index in [1.165, 1.54) is 12.1 Å². The van der Waals surface area contributed by atoms with E-state index < -0.39 is 11.7 Å². The number of nitrogens with zero attached hydrogens (tertiary/aromatic N) is 1. The highest BCUT2D eigenvalue weighted by Gasteiger charge is 2.29. The summed E-state index contributed by atoms with van der Waals surface area (Å²) in [6, 6.07) is 4.66. The fourth-order valence-corrected chi connectivity index (χ4v) is 1.43. The molecule has 0 saturated carbocycles. The van der Waals surface area contributed by atoms with Gasteiger partial charge in [0.1, 0.15) is 6.54 Å². The maximum absolute atomic E-state index is 12.4. The molecule has 122 valence electrons. The summed E-state index contributed by atoms with van der Waals surface area (Å²) in [6.07, 6.45) is -4.33. The first kappa shape index (κ1) is 20.6. The number of nitrogens with one attached hydrogen (secondary N) is 1. The van der Waals surface area contributed by atoms with Gasteiger partial charge in [0.15, 0.2) is 5.96 Å². The van der Waals surface area contributed by atoms with Gasteiger partial charge in [-0.2, -0.15) is 13.2 Å². The molecule has 0 bridgehead atoms. The van der Waals surface area contributed by atoms with Gasteiger partial charge in [0.25, 0.3) is 0 Å². The monoisotopic (exact) mass is 425 g/mol. The second kappa shape index (κ2) is 8.27. The average Bonchev–Trinajstić information content (AvgIpc) is 2.32. The van der Waals surface area contributed by atoms with Gasteiger partial charge in [0.2, 0.25) is 0 Å². The van der Waals surface area contributed by atoms with Gasteiger partial charge in [-0.05, 0) is 45.0 Å². The third kappa shape index (κ3) is 8.12. The Bertz CT molecular complexity index is 561. The Balaban J connectivity index is 0.00000441. The van der Waals surface area contributed by atoms with Crippen LogP contribution in [0.25, 0.3) is 0 Å². The van der Waals surface area contributed by atoms with Crippen LogP contribution in [-0.4, -0.2) is 18.0 Å². The summed E-state index contributed by atoms with van der Waals surface area (Å²) < 4.78 is 37.1. The number of halogens is 4. The molecule has 7 heteroatoms. The zero-order valence-corrected chi connectivity index (χ0v) is 14.9. The Kier molecular flexibility index (Phi) is 7.73. The summed E-state index contributed by atoms with van der Waals surface area (Å²) in [5.41, 5.74) is 5.28. The van der Waals surface area contributed by atoms with Crippen LogP contribution >= 0.6 is 24.0 Å². The first-order valence-corrected chi connectivity index (χ1v) is 6.32. The summed E-state index contributed by atoms with van der Waals surface area (Å²) in [5, 5.41) is 2.98. The third-order valence-electron chi connectivity index (χ3n) is 2.28. The lowest BCUT2D eigenvalue weighted by molar-refractivity contribution is -0.137. The maximum Gasteiger partial charge on any atom is 0.416 e. The van der Waals surface area contributed by atoms with E-state index in [9.17, 15) is 13.2 Å². The van der Waals surface area contributed by atoms with E-state index in [1.54, 1.807) is 0 Å². The van der Waals surface area contributed by atoms with Crippen molar-refractivity contribution in [3.63, 3.8) is 0 Å². The quantitative estimate of drug-likeness (QED) is 0.314. The number of hydrogen-bond acceptors (Lipinski definition) is 1. The number of alkyl halides is 3. The first-order chi connectivity index (χ1) is 9.58. The van der Waals surface area contributed by atoms with E-state index in [4.69, 9.17) is 5.73 Å². The number of benzene rings is 1. The van der Waals surface area contributed by atoms with Crippen molar-refractivity contribution >= 4 is 29.9 Å². The van der Waals surface area contributed by atoms with Gasteiger partial charge in [0.05, 0.1) is 5.56 Å². The van der Waals surface area contributed by atoms with Crippen molar-refractivity contribution in [1.29, 1.82) is 0 Å². The van der Waals surface area contributed by atoms with Crippen LogP contribution in [0.3, 0.4) is 0 Å². The molecular formula is C15H19F3IN3. The van der Waals surface area contributed by atoms with E-state index in [-0.39, 0.29) is 42.0 Å². The van der Waals surface area contributed by atoms with Crippen molar-refractivity contribution in [1.82, 2.24) is 5.32 Å². The lowest BCUT2D eigenvalue weighted by atomic mass is 10.1. The van der Waals surface area contributed by atoms with Gasteiger partial charge in [-0.1, -0.05) is 11.8 Å². The SMILES string of the molecule is CC(C)(C)NC(N)=NCC#Cc1ccc(C(F)(F)F)cc1.I. The van der Waals surface area contributed by atoms with Gasteiger partial charge in [-0.25, -0.2) is 4.99 Å². The van der Waals surface area contributed by atoms with E-state index in [0.29, 0.717) is 5.56 Å². The Hall–Kier alpha value is -1.43. The molecule has 1 aromatic carbocycles. The fourth-order valence-electron chi connectivity index (χ4n) is 1.43. The normalized spacial score (nSPS) is 12.0. The molecule has 0 fully saturated rings. The van der Waals surface area contributed by atoms with Gasteiger partial charge in [-0.3, -0.25) is 0 Å². The molecule has 0 unspecified atom stereocenters. The largest absolute Gasteiger partial charge is 0.416 e. The number of aliphatic imine (C=N–C) groups is 1. The van der Waals surface area contributed by atoms with Crippen LogP contribution < -0.4 is 11.1 Å². The second-order valence-corrected chi connectivity index (χ2v) is 5.45. The van der Waals surface area contributed by atoms with Crippen molar-refractivity contribution in [3.8, 4) is 11.8 Å². The Morgan fingerprint density at radius 2 is 1.73 bits per heavy atom. The maximum atomic E-state index is 12.4. The van der Waals surface area contributed by atoms with Crippen molar-refractivity contribution in [3.05, 3.63) is 35.4 Å². The summed E-state index contributed by atoms with van der Waals surface area (Å²) in [7, 11) is 0. The molecule has 0 amide bonds. The predicted molar refractivity (Wildman–Crippen MR) is 93.1 cm³/mol. The minimum Gasteiger partial charge on any atom is -0.370 e. The van der Waals surface area contributed by atoms with Gasteiger partial charge in [0, 0.05) is 11.1 Å². The number of rotatable bonds is 1. The van der Waals surface area contributed by atoms with Gasteiger partial charge >= 0.3 is 6.18 Å². The molecule has 0 heterocycles. The van der Waals surface area contributed by atoms with Crippen LogP contribution in [0.4, 0.5) is 13.2 Å². The van der Waals surface area contributed by atoms with E-state index in [1.807, 2.05) is 20.8 Å². The van der Waals surface area contributed by atoms with Gasteiger partial charge < -0.3 is 11.1 Å². The van der Waals surface area contributed by atoms with Crippen LogP contribution in [-0.2, 0) is 6.18 Å². The molecule has 0 radical (unpaired) electrons. The highest BCUT2D eigenvalue weighted by atomic mass is 127. The highest BCUT2D eigenvalue weighted by molar-refractivity contribution is 14.0. The zero-order chi connectivity index (χ0) is 16.1. The van der Waals surface area contributed by atoms with E-state index in [2.05, 4.69) is 22.2 Å². The Labute approximate surface area is 145 Å². The molecule has 0 aliphatic rings. The topological polar surface area (TPSA) is 50.4 Å². The molecule has 1 aromatic rings. The predicted octanol–water partition coefficient (Wildman–Crippen LogP) is 3.38. The molecule has 1 rings (SSSR count). The molecular weight excluding hydrogens is 406 g/mol. The number of nitrogens with two attached hydrogens (primary N) is 1. The number of guanidine groups is 1. The third-order valence-corrected chi connectivity index (χ3v) is 2.28. The van der Waals surface area contributed by atoms with E-state index >= 15 is 0 Å². The van der Waals surface area contributed by atoms with Crippen LogP contribution in [0.15, 0.2) is 29.3 Å². The minimum atomic E-state index is -4.33. The second-order valence-electron chi connectivity index (χ2n) is 5.45. The standard InChI is InChI=1S/C15H18F3N3.HI/c1-14(2,3)21-13(19)20-10-4-5-11-6-8-12(9-7-11)15(16,17)18;/h6-9H,10H2,1-3H3,(H3,19,20,21);1H. The van der Waals surface area contributed by atoms with Crippen molar-refractivity contribution in [2.75, 3.05) is 6.54 Å². The summed E-state index contributed by atoms with van der Waals surface area (Å²) in [6.45, 7) is 6.02. The van der Waals surface area contributed by atoms with Crippen LogP contribution in [0.1, 0.15) is 31.9 Å². The average molecular weight is 425 g/mol. The molecule has 0 aliphatic carbocycles. The zero-order valence-electron chi connectivity index (χ0n) is 12.6. The summed E-state index contributed by atoms with van der Waals surface area (Å²) >= 11 is 0. The molecule has 0 aliphatic heterocycles. The van der Waals surface area contributed by atoms with Crippen molar-refractivity contribution < 1.29 is 13.2 Å². The van der Waals surface area contributed by atoms with Crippen LogP contribution in [0, 0.1) is 11.8 Å². The van der Waals surface area contributed by atoms with E-state index in [0.717, 1.165) is 12.1 Å². The van der Waals surface area contributed by atoms with Crippen LogP contribution in [0.5, 0.6) is 0 Å². The van der Waals surface area contributed by atoms with Crippen molar-refractivity contribution in [2.45, 2.75) is 32.5 Å². The Morgan fingerprint density at radius 1 is 1.18 bits per heavy atom. The molecule has 0 aromatic heterocycles. The lowest BCUT2D eigenvalue weighted by Crippen LogP contribution is -2.45. The fraction of sp³-hybridized carbons (Fsp3) is 0.400. The smallest absolute Gasteiger partial charge is 0.370 e. The van der Waals surface area contributed by atoms with Crippen LogP contribution in [0.2, 0.25) is 0 Å². The Morgan fingerprint density at radius 3 is 2.18 bits per heavy atom. The molecule has 0 atom stereocenters. The molecule has 3 N–H and O–H groups in total. The molecule has 0 saturated heterocycles. The molecule has 0 spiro atoms. The molecule has 22 heavy (non-hydrogen) atoms. The summed E-state index contributed by atoms with van der Waals surface area (Å²) in [4.78, 5) is 4.01. The molecule has 3 nitrogen and oxygen atoms in total. The number of hydrogen-bond donors (Lipinski definition) is 2. The van der Waals surface area contributed by atoms with Crippen molar-refractivity contribution in [2.24, 2.45) is 10.7 Å². The first-order valence-electron chi connectivity index (χ1n) is 6.32. The minimum absolute atomic E-state index is 0. The highest BCUT2D eigenvalue weighted by Crippen LogP contribution is 2.28. The lowest BCUT2D eigenvalue weighted by Gasteiger charge is -2.20.